The summed E-state index contributed by atoms with van der Waals surface area (Å²) < 4.78 is 34.2. The Balaban J connectivity index is 1.57. The lowest BCUT2D eigenvalue weighted by molar-refractivity contribution is -0.121. The molecule has 2 aliphatic heterocycles. The van der Waals surface area contributed by atoms with Gasteiger partial charge in [0.15, 0.2) is 0 Å². The molecule has 0 atom stereocenters. The molecule has 0 saturated carbocycles. The summed E-state index contributed by atoms with van der Waals surface area (Å²) in [6.45, 7) is 2.87. The molecular formula is C22H28N4O4S. The predicted molar refractivity (Wildman–Crippen MR) is 116 cm³/mol. The van der Waals surface area contributed by atoms with Crippen LogP contribution in [0.1, 0.15) is 18.5 Å². The second-order valence-corrected chi connectivity index (χ2v) is 10.2. The number of piperidine rings is 1. The maximum atomic E-state index is 13.4. The van der Waals surface area contributed by atoms with Crippen LogP contribution in [0.2, 0.25) is 0 Å². The van der Waals surface area contributed by atoms with E-state index in [2.05, 4.69) is 15.2 Å². The number of likely N-dealkylation sites (tertiary alicyclic amines) is 1. The van der Waals surface area contributed by atoms with Crippen LogP contribution >= 0.6 is 0 Å². The molecule has 1 amide bonds. The van der Waals surface area contributed by atoms with Gasteiger partial charge in [0.2, 0.25) is 15.9 Å². The van der Waals surface area contributed by atoms with Crippen molar-refractivity contribution in [3.63, 3.8) is 0 Å². The monoisotopic (exact) mass is 444 g/mol. The number of nitrogens with one attached hydrogen (secondary N) is 1. The summed E-state index contributed by atoms with van der Waals surface area (Å²) in [6, 6.07) is 12.6. The highest BCUT2D eigenvalue weighted by Crippen LogP contribution is 2.39. The fraction of sp³-hybridized carbons (Fsp3) is 0.455. The van der Waals surface area contributed by atoms with Crippen LogP contribution < -0.4 is 10.1 Å². The Bertz CT molecular complexity index is 1020. The van der Waals surface area contributed by atoms with E-state index in [1.807, 2.05) is 18.2 Å². The molecule has 1 saturated heterocycles. The van der Waals surface area contributed by atoms with Crippen LogP contribution in [0.15, 0.2) is 53.6 Å². The van der Waals surface area contributed by atoms with Gasteiger partial charge in [-0.1, -0.05) is 18.2 Å². The van der Waals surface area contributed by atoms with Crippen LogP contribution in [0.3, 0.4) is 0 Å². The Hall–Kier alpha value is -2.49. The van der Waals surface area contributed by atoms with E-state index in [1.165, 1.54) is 17.4 Å². The highest BCUT2D eigenvalue weighted by Gasteiger charge is 2.43. The Labute approximate surface area is 183 Å². The molecule has 0 bridgehead atoms. The maximum Gasteiger partial charge on any atom is 0.247 e. The number of carbonyl (C=O) groups is 1. The van der Waals surface area contributed by atoms with Crippen LogP contribution in [0.25, 0.3) is 0 Å². The van der Waals surface area contributed by atoms with E-state index in [0.29, 0.717) is 12.4 Å². The number of nitrogens with zero attached hydrogens (tertiary/aromatic N) is 3. The minimum absolute atomic E-state index is 0.112. The van der Waals surface area contributed by atoms with E-state index in [4.69, 9.17) is 4.74 Å². The van der Waals surface area contributed by atoms with E-state index >= 15 is 0 Å². The molecule has 0 radical (unpaired) electrons. The van der Waals surface area contributed by atoms with E-state index < -0.39 is 10.0 Å². The van der Waals surface area contributed by atoms with Crippen LogP contribution in [-0.2, 0) is 21.4 Å². The number of hydrogen-bond donors (Lipinski definition) is 1. The van der Waals surface area contributed by atoms with Gasteiger partial charge in [-0.15, -0.1) is 0 Å². The first-order valence-electron chi connectivity index (χ1n) is 10.5. The molecule has 1 aromatic heterocycles. The summed E-state index contributed by atoms with van der Waals surface area (Å²) in [7, 11) is -2.35. The van der Waals surface area contributed by atoms with Gasteiger partial charge in [0.25, 0.3) is 0 Å². The van der Waals surface area contributed by atoms with Crippen molar-refractivity contribution in [1.29, 1.82) is 0 Å². The Kier molecular flexibility index (Phi) is 6.27. The number of rotatable bonds is 4. The Morgan fingerprint density at radius 1 is 1.16 bits per heavy atom. The van der Waals surface area contributed by atoms with Crippen LogP contribution in [0.5, 0.6) is 5.75 Å². The third-order valence-corrected chi connectivity index (χ3v) is 7.97. The summed E-state index contributed by atoms with van der Waals surface area (Å²) >= 11 is 0. The predicted octanol–water partition coefficient (Wildman–Crippen LogP) is 1.49. The number of para-hydroxylation sites is 1. The third-order valence-electron chi connectivity index (χ3n) is 6.14. The third kappa shape index (κ3) is 4.73. The first-order valence-corrected chi connectivity index (χ1v) is 11.9. The van der Waals surface area contributed by atoms with Gasteiger partial charge in [0.05, 0.1) is 18.8 Å². The van der Waals surface area contributed by atoms with Crippen molar-refractivity contribution in [2.45, 2.75) is 24.3 Å². The van der Waals surface area contributed by atoms with Gasteiger partial charge in [-0.25, -0.2) is 8.42 Å². The second-order valence-electron chi connectivity index (χ2n) is 8.28. The number of fused-ring (bicyclic) bond motifs is 1. The topological polar surface area (TPSA) is 91.8 Å². The van der Waals surface area contributed by atoms with Crippen molar-refractivity contribution in [3.8, 4) is 5.75 Å². The number of benzene rings is 1. The average molecular weight is 445 g/mol. The van der Waals surface area contributed by atoms with Crippen LogP contribution in [0, 0.1) is 5.41 Å². The number of ether oxygens (including phenoxy) is 1. The van der Waals surface area contributed by atoms with E-state index in [1.54, 1.807) is 24.4 Å². The lowest BCUT2D eigenvalue weighted by atomic mass is 9.78. The average Bonchev–Trinajstić information content (AvgIpc) is 2.79. The molecule has 1 aromatic carbocycles. The first-order chi connectivity index (χ1) is 14.9. The fourth-order valence-corrected chi connectivity index (χ4v) is 5.89. The van der Waals surface area contributed by atoms with Crippen molar-refractivity contribution in [1.82, 2.24) is 19.5 Å². The largest absolute Gasteiger partial charge is 0.492 e. The number of pyridine rings is 1. The van der Waals surface area contributed by atoms with E-state index in [0.717, 1.165) is 38.2 Å². The summed E-state index contributed by atoms with van der Waals surface area (Å²) in [5.74, 6) is 0.0182. The Morgan fingerprint density at radius 3 is 2.61 bits per heavy atom. The maximum absolute atomic E-state index is 13.4. The molecule has 166 valence electrons. The summed E-state index contributed by atoms with van der Waals surface area (Å²) in [5.41, 5.74) is 0.667. The van der Waals surface area contributed by atoms with Gasteiger partial charge in [-0.3, -0.25) is 14.7 Å². The zero-order chi connectivity index (χ0) is 21.9. The zero-order valence-corrected chi connectivity index (χ0v) is 18.5. The Morgan fingerprint density at radius 2 is 1.90 bits per heavy atom. The molecule has 4 rings (SSSR count). The first kappa shape index (κ1) is 21.7. The molecule has 1 spiro atoms. The molecule has 1 fully saturated rings. The molecule has 8 nitrogen and oxygen atoms in total. The molecular weight excluding hydrogens is 416 g/mol. The van der Waals surface area contributed by atoms with E-state index in [-0.39, 0.29) is 29.3 Å². The number of likely N-dealkylation sites (N-methyl/N-ethyl adjacent to an activating group) is 1. The van der Waals surface area contributed by atoms with Crippen molar-refractivity contribution in [3.05, 3.63) is 54.4 Å². The standard InChI is InChI=1S/C22H28N4O4S/c1-23-21(27)15-26-16-22(17-30-19-7-2-3-8-20(19)31(26,28)29)9-12-25(13-10-22)14-18-6-4-5-11-24-18/h2-8,11H,9-10,12-17H2,1H3,(H,23,27). The number of amides is 1. The smallest absolute Gasteiger partial charge is 0.247 e. The molecule has 0 aliphatic carbocycles. The van der Waals surface area contributed by atoms with Crippen molar-refractivity contribution >= 4 is 15.9 Å². The zero-order valence-electron chi connectivity index (χ0n) is 17.7. The summed E-state index contributed by atoms with van der Waals surface area (Å²) in [5, 5.41) is 2.54. The van der Waals surface area contributed by atoms with Gasteiger partial charge >= 0.3 is 0 Å². The van der Waals surface area contributed by atoms with Gasteiger partial charge in [0.1, 0.15) is 10.6 Å². The molecule has 0 unspecified atom stereocenters. The highest BCUT2D eigenvalue weighted by atomic mass is 32.2. The number of aromatic nitrogens is 1. The van der Waals surface area contributed by atoms with Crippen LogP contribution in [-0.4, -0.2) is 68.3 Å². The molecule has 9 heteroatoms. The molecule has 2 aliphatic rings. The number of hydrogen-bond acceptors (Lipinski definition) is 6. The number of carbonyl (C=O) groups excluding carboxylic acids is 1. The molecule has 31 heavy (non-hydrogen) atoms. The minimum atomic E-state index is -3.86. The van der Waals surface area contributed by atoms with Crippen molar-refractivity contribution in [2.75, 3.05) is 39.8 Å². The minimum Gasteiger partial charge on any atom is -0.492 e. The summed E-state index contributed by atoms with van der Waals surface area (Å²) in [6.07, 6.45) is 3.35. The van der Waals surface area contributed by atoms with Gasteiger partial charge in [-0.05, 0) is 50.2 Å². The summed E-state index contributed by atoms with van der Waals surface area (Å²) in [4.78, 5) is 19.0. The van der Waals surface area contributed by atoms with Gasteiger partial charge in [0, 0.05) is 31.7 Å². The van der Waals surface area contributed by atoms with Crippen molar-refractivity contribution in [2.24, 2.45) is 5.41 Å². The SMILES string of the molecule is CNC(=O)CN1CC2(CCN(Cc3ccccn3)CC2)COc2ccccc2S1(=O)=O. The number of sulfonamides is 1. The fourth-order valence-electron chi connectivity index (χ4n) is 4.25. The van der Waals surface area contributed by atoms with Crippen LogP contribution in [0.4, 0.5) is 0 Å². The highest BCUT2D eigenvalue weighted by molar-refractivity contribution is 7.89. The lowest BCUT2D eigenvalue weighted by Crippen LogP contribution is -2.53. The molecule has 1 N–H and O–H groups in total. The lowest BCUT2D eigenvalue weighted by Gasteiger charge is -2.44. The quantitative estimate of drug-likeness (QED) is 0.768. The molecule has 3 heterocycles. The van der Waals surface area contributed by atoms with Crippen molar-refractivity contribution < 1.29 is 17.9 Å². The second kappa shape index (κ2) is 8.94. The van der Waals surface area contributed by atoms with Gasteiger partial charge in [-0.2, -0.15) is 4.31 Å². The molecule has 2 aromatic rings. The van der Waals surface area contributed by atoms with Gasteiger partial charge < -0.3 is 10.1 Å². The normalized spacial score (nSPS) is 20.8. The van der Waals surface area contributed by atoms with E-state index in [9.17, 15) is 13.2 Å².